The van der Waals surface area contributed by atoms with Crippen molar-refractivity contribution in [2.24, 2.45) is 0 Å². The van der Waals surface area contributed by atoms with Gasteiger partial charge in [0.05, 0.1) is 6.61 Å². The van der Waals surface area contributed by atoms with Gasteiger partial charge in [0.2, 0.25) is 0 Å². The zero-order valence-corrected chi connectivity index (χ0v) is 11.0. The third-order valence-electron chi connectivity index (χ3n) is 2.11. The van der Waals surface area contributed by atoms with Crippen molar-refractivity contribution in [1.29, 1.82) is 0 Å². The average molecular weight is 256 g/mol. The average Bonchev–Trinajstić information content (AvgIpc) is 2.33. The summed E-state index contributed by atoms with van der Waals surface area (Å²) in [5.41, 5.74) is 0.593. The van der Waals surface area contributed by atoms with Crippen molar-refractivity contribution in [2.45, 2.75) is 25.6 Å². The number of ether oxygens (including phenoxy) is 1. The lowest BCUT2D eigenvalue weighted by Gasteiger charge is -2.08. The fourth-order valence-electron chi connectivity index (χ4n) is 1.28. The van der Waals surface area contributed by atoms with E-state index in [-0.39, 0.29) is 11.3 Å². The highest BCUT2D eigenvalue weighted by Gasteiger charge is 2.07. The van der Waals surface area contributed by atoms with Gasteiger partial charge in [-0.05, 0) is 31.5 Å². The van der Waals surface area contributed by atoms with Crippen LogP contribution in [0.1, 0.15) is 30.6 Å². The van der Waals surface area contributed by atoms with Gasteiger partial charge >= 0.3 is 0 Å². The van der Waals surface area contributed by atoms with Crippen LogP contribution in [0.5, 0.6) is 5.75 Å². The molecule has 0 saturated carbocycles. The molecule has 1 rings (SSSR count). The zero-order valence-electron chi connectivity index (χ0n) is 10.2. The van der Waals surface area contributed by atoms with E-state index in [4.69, 9.17) is 16.3 Å². The molecule has 0 heterocycles. The predicted molar refractivity (Wildman–Crippen MR) is 69.9 cm³/mol. The van der Waals surface area contributed by atoms with Crippen LogP contribution in [-0.2, 0) is 0 Å². The number of rotatable bonds is 6. The molecule has 0 bridgehead atoms. The van der Waals surface area contributed by atoms with Crippen LogP contribution >= 0.6 is 11.6 Å². The molecule has 1 aromatic carbocycles. The topological polar surface area (TPSA) is 38.3 Å². The number of carbonyl (C=O) groups excluding carboxylic acids is 1. The highest BCUT2D eigenvalue weighted by molar-refractivity contribution is 6.20. The molecule has 1 atom stereocenters. The summed E-state index contributed by atoms with van der Waals surface area (Å²) in [4.78, 5) is 11.7. The van der Waals surface area contributed by atoms with Gasteiger partial charge in [0.1, 0.15) is 5.75 Å². The van der Waals surface area contributed by atoms with Gasteiger partial charge in [-0.1, -0.05) is 13.0 Å². The second kappa shape index (κ2) is 7.17. The number of hydrogen-bond acceptors (Lipinski definition) is 2. The number of amides is 1. The van der Waals surface area contributed by atoms with E-state index >= 15 is 0 Å². The van der Waals surface area contributed by atoms with Crippen LogP contribution in [-0.4, -0.2) is 24.4 Å². The van der Waals surface area contributed by atoms with Crippen molar-refractivity contribution in [3.63, 3.8) is 0 Å². The Morgan fingerprint density at radius 1 is 1.53 bits per heavy atom. The smallest absolute Gasteiger partial charge is 0.251 e. The first-order chi connectivity index (χ1) is 8.13. The van der Waals surface area contributed by atoms with Crippen molar-refractivity contribution in [3.8, 4) is 5.75 Å². The van der Waals surface area contributed by atoms with E-state index in [9.17, 15) is 4.79 Å². The zero-order chi connectivity index (χ0) is 12.7. The summed E-state index contributed by atoms with van der Waals surface area (Å²) in [6.07, 6.45) is 0.945. The normalized spacial score (nSPS) is 11.9. The minimum Gasteiger partial charge on any atom is -0.494 e. The molecule has 1 N–H and O–H groups in total. The quantitative estimate of drug-likeness (QED) is 0.794. The Labute approximate surface area is 107 Å². The number of alkyl halides is 1. The molecule has 1 amide bonds. The minimum absolute atomic E-state index is 0.0709. The molecule has 1 unspecified atom stereocenters. The Balaban J connectivity index is 2.60. The monoisotopic (exact) mass is 255 g/mol. The Kier molecular flexibility index (Phi) is 5.84. The Bertz CT molecular complexity index is 366. The first-order valence-corrected chi connectivity index (χ1v) is 6.22. The first kappa shape index (κ1) is 13.8. The molecule has 0 saturated heterocycles. The van der Waals surface area contributed by atoms with E-state index in [2.05, 4.69) is 5.32 Å². The van der Waals surface area contributed by atoms with Crippen LogP contribution in [0, 0.1) is 0 Å². The predicted octanol–water partition coefficient (Wildman–Crippen LogP) is 2.83. The van der Waals surface area contributed by atoms with Gasteiger partial charge in [-0.15, -0.1) is 11.6 Å². The molecule has 94 valence electrons. The SMILES string of the molecule is CCCOc1cccc(C(=O)NCC(C)Cl)c1. The largest absolute Gasteiger partial charge is 0.494 e. The lowest BCUT2D eigenvalue weighted by molar-refractivity contribution is 0.0953. The van der Waals surface area contributed by atoms with Gasteiger partial charge < -0.3 is 10.1 Å². The summed E-state index contributed by atoms with van der Waals surface area (Å²) in [6.45, 7) is 4.99. The molecule has 1 aromatic rings. The fourth-order valence-corrected chi connectivity index (χ4v) is 1.36. The molecule has 3 nitrogen and oxygen atoms in total. The van der Waals surface area contributed by atoms with E-state index in [0.29, 0.717) is 18.7 Å². The molecule has 0 aliphatic carbocycles. The molecular formula is C13H18ClNO2. The maximum absolute atomic E-state index is 11.7. The maximum atomic E-state index is 11.7. The third kappa shape index (κ3) is 5.09. The van der Waals surface area contributed by atoms with Crippen molar-refractivity contribution >= 4 is 17.5 Å². The van der Waals surface area contributed by atoms with Gasteiger partial charge in [0.15, 0.2) is 0 Å². The second-order valence-electron chi connectivity index (χ2n) is 3.87. The summed E-state index contributed by atoms with van der Waals surface area (Å²) >= 11 is 5.77. The summed E-state index contributed by atoms with van der Waals surface area (Å²) in [7, 11) is 0. The van der Waals surface area contributed by atoms with Crippen molar-refractivity contribution in [3.05, 3.63) is 29.8 Å². The number of halogens is 1. The summed E-state index contributed by atoms with van der Waals surface area (Å²) in [5, 5.41) is 2.68. The number of benzene rings is 1. The molecule has 0 fully saturated rings. The van der Waals surface area contributed by atoms with Crippen LogP contribution in [0.2, 0.25) is 0 Å². The molecule has 0 aliphatic heterocycles. The summed E-state index contributed by atoms with van der Waals surface area (Å²) < 4.78 is 5.47. The highest BCUT2D eigenvalue weighted by atomic mass is 35.5. The van der Waals surface area contributed by atoms with Crippen molar-refractivity contribution < 1.29 is 9.53 Å². The van der Waals surface area contributed by atoms with E-state index in [0.717, 1.165) is 12.2 Å². The standard InChI is InChI=1S/C13H18ClNO2/c1-3-7-17-12-6-4-5-11(8-12)13(16)15-9-10(2)14/h4-6,8,10H,3,7,9H2,1-2H3,(H,15,16). The molecule has 0 aliphatic rings. The first-order valence-electron chi connectivity index (χ1n) is 5.78. The Hall–Kier alpha value is -1.22. The van der Waals surface area contributed by atoms with Crippen molar-refractivity contribution in [2.75, 3.05) is 13.2 Å². The van der Waals surface area contributed by atoms with Gasteiger partial charge in [0.25, 0.3) is 5.91 Å². The van der Waals surface area contributed by atoms with Crippen LogP contribution in [0.15, 0.2) is 24.3 Å². The van der Waals surface area contributed by atoms with E-state index in [1.165, 1.54) is 0 Å². The van der Waals surface area contributed by atoms with Gasteiger partial charge in [-0.2, -0.15) is 0 Å². The maximum Gasteiger partial charge on any atom is 0.251 e. The molecule has 17 heavy (non-hydrogen) atoms. The van der Waals surface area contributed by atoms with E-state index in [1.54, 1.807) is 12.1 Å². The second-order valence-corrected chi connectivity index (χ2v) is 4.61. The van der Waals surface area contributed by atoms with Crippen LogP contribution in [0.25, 0.3) is 0 Å². The number of hydrogen-bond donors (Lipinski definition) is 1. The Morgan fingerprint density at radius 2 is 2.29 bits per heavy atom. The van der Waals surface area contributed by atoms with Crippen molar-refractivity contribution in [1.82, 2.24) is 5.32 Å². The highest BCUT2D eigenvalue weighted by Crippen LogP contribution is 2.13. The van der Waals surface area contributed by atoms with Crippen LogP contribution in [0.4, 0.5) is 0 Å². The lowest BCUT2D eigenvalue weighted by atomic mass is 10.2. The fraction of sp³-hybridized carbons (Fsp3) is 0.462. The molecule has 0 spiro atoms. The molecular weight excluding hydrogens is 238 g/mol. The van der Waals surface area contributed by atoms with Gasteiger partial charge in [-0.25, -0.2) is 0 Å². The number of nitrogens with one attached hydrogen (secondary N) is 1. The van der Waals surface area contributed by atoms with Crippen LogP contribution < -0.4 is 10.1 Å². The lowest BCUT2D eigenvalue weighted by Crippen LogP contribution is -2.28. The molecule has 0 aromatic heterocycles. The molecule has 0 radical (unpaired) electrons. The summed E-state index contributed by atoms with van der Waals surface area (Å²) in [6, 6.07) is 7.15. The Morgan fingerprint density at radius 3 is 2.94 bits per heavy atom. The summed E-state index contributed by atoms with van der Waals surface area (Å²) in [5.74, 6) is 0.595. The van der Waals surface area contributed by atoms with Gasteiger partial charge in [-0.3, -0.25) is 4.79 Å². The molecule has 4 heteroatoms. The van der Waals surface area contributed by atoms with Gasteiger partial charge in [0, 0.05) is 17.5 Å². The minimum atomic E-state index is -0.126. The van der Waals surface area contributed by atoms with E-state index < -0.39 is 0 Å². The van der Waals surface area contributed by atoms with E-state index in [1.807, 2.05) is 26.0 Å². The van der Waals surface area contributed by atoms with Crippen LogP contribution in [0.3, 0.4) is 0 Å². The third-order valence-corrected chi connectivity index (χ3v) is 2.27. The number of carbonyl (C=O) groups is 1.